The number of nitrogens with one attached hydrogen (secondary N) is 1. The lowest BCUT2D eigenvalue weighted by Gasteiger charge is -2.31. The Kier molecular flexibility index (Phi) is 8.63. The van der Waals surface area contributed by atoms with Crippen molar-refractivity contribution in [1.29, 1.82) is 0 Å². The van der Waals surface area contributed by atoms with Crippen LogP contribution in [0.25, 0.3) is 10.9 Å². The van der Waals surface area contributed by atoms with Gasteiger partial charge in [0.15, 0.2) is 5.82 Å². The number of benzene rings is 3. The van der Waals surface area contributed by atoms with Crippen LogP contribution in [-0.4, -0.2) is 50.4 Å². The number of aromatic amines is 1. The van der Waals surface area contributed by atoms with Crippen molar-refractivity contribution in [2.45, 2.75) is 39.5 Å². The van der Waals surface area contributed by atoms with Crippen LogP contribution in [0.1, 0.15) is 41.0 Å². The molecule has 206 valence electrons. The number of H-pyrrole nitrogens is 1. The number of aryl methyl sites for hydroxylation is 1. The largest absolute Gasteiger partial charge is 0.494 e. The Hall–Kier alpha value is -4.34. The van der Waals surface area contributed by atoms with Crippen molar-refractivity contribution < 1.29 is 9.47 Å². The average Bonchev–Trinajstić information content (AvgIpc) is 3.42. The predicted octanol–water partition coefficient (Wildman–Crippen LogP) is 4.66. The Balaban J connectivity index is 1.66. The third-order valence-electron chi connectivity index (χ3n) is 6.94. The second-order valence-corrected chi connectivity index (χ2v) is 9.72. The van der Waals surface area contributed by atoms with Crippen molar-refractivity contribution in [3.05, 3.63) is 117 Å². The van der Waals surface area contributed by atoms with Gasteiger partial charge < -0.3 is 14.5 Å². The summed E-state index contributed by atoms with van der Waals surface area (Å²) < 4.78 is 12.7. The van der Waals surface area contributed by atoms with Crippen LogP contribution >= 0.6 is 0 Å². The minimum absolute atomic E-state index is 0.169. The number of methoxy groups -OCH3 is 1. The zero-order chi connectivity index (χ0) is 27.9. The van der Waals surface area contributed by atoms with E-state index in [1.54, 1.807) is 11.8 Å². The zero-order valence-corrected chi connectivity index (χ0v) is 23.1. The number of tetrazole rings is 1. The molecule has 40 heavy (non-hydrogen) atoms. The van der Waals surface area contributed by atoms with Crippen LogP contribution in [0.15, 0.2) is 83.7 Å². The molecule has 9 nitrogen and oxygen atoms in total. The van der Waals surface area contributed by atoms with Crippen LogP contribution in [0.3, 0.4) is 0 Å². The zero-order valence-electron chi connectivity index (χ0n) is 23.1. The molecule has 5 rings (SSSR count). The van der Waals surface area contributed by atoms with Gasteiger partial charge in [-0.05, 0) is 64.5 Å². The molecule has 0 aliphatic heterocycles. The Labute approximate surface area is 233 Å². The standard InChI is InChI=1S/C31H34N6O3/c1-4-40-26-15-13-24(14-16-26)21-36(20-23-10-6-5-7-11-23)29(30-33-34-35-37(30)17-18-39-3)27-19-25-12-8-9-22(2)28(25)32-31(27)38/h5-16,19,29H,4,17-18,20-21H2,1-3H3,(H,32,38)/t29-/m0/s1. The van der Waals surface area contributed by atoms with Crippen molar-refractivity contribution >= 4 is 10.9 Å². The molecule has 0 radical (unpaired) electrons. The quantitative estimate of drug-likeness (QED) is 0.247. The SMILES string of the molecule is CCOc1ccc(CN(Cc2ccccc2)[C@@H](c2cc3cccc(C)c3[nH]c2=O)c2nnnn2CCOC)cc1. The van der Waals surface area contributed by atoms with E-state index in [1.165, 1.54) is 0 Å². The molecule has 0 amide bonds. The van der Waals surface area contributed by atoms with Crippen LogP contribution in [0.4, 0.5) is 0 Å². The lowest BCUT2D eigenvalue weighted by atomic mass is 10.0. The van der Waals surface area contributed by atoms with Gasteiger partial charge in [0.2, 0.25) is 0 Å². The first kappa shape index (κ1) is 27.2. The molecule has 2 aromatic heterocycles. The topological polar surface area (TPSA) is 98.2 Å². The average molecular weight is 539 g/mol. The fourth-order valence-corrected chi connectivity index (χ4v) is 5.00. The summed E-state index contributed by atoms with van der Waals surface area (Å²) in [6.45, 7) is 6.59. The number of aromatic nitrogens is 5. The van der Waals surface area contributed by atoms with Crippen LogP contribution in [-0.2, 0) is 24.4 Å². The van der Waals surface area contributed by atoms with Crippen molar-refractivity contribution in [2.75, 3.05) is 20.3 Å². The fourth-order valence-electron chi connectivity index (χ4n) is 5.00. The highest BCUT2D eigenvalue weighted by molar-refractivity contribution is 5.82. The van der Waals surface area contributed by atoms with E-state index in [1.807, 2.05) is 68.4 Å². The Morgan fingerprint density at radius 1 is 0.975 bits per heavy atom. The summed E-state index contributed by atoms with van der Waals surface area (Å²) in [7, 11) is 1.64. The molecular weight excluding hydrogens is 504 g/mol. The van der Waals surface area contributed by atoms with E-state index in [2.05, 4.69) is 49.7 Å². The van der Waals surface area contributed by atoms with Crippen LogP contribution < -0.4 is 10.3 Å². The highest BCUT2D eigenvalue weighted by Gasteiger charge is 2.31. The molecule has 0 aliphatic carbocycles. The third-order valence-corrected chi connectivity index (χ3v) is 6.94. The number of hydrogen-bond donors (Lipinski definition) is 1. The molecule has 2 heterocycles. The summed E-state index contributed by atoms with van der Waals surface area (Å²) in [4.78, 5) is 19.1. The summed E-state index contributed by atoms with van der Waals surface area (Å²) >= 11 is 0. The van der Waals surface area contributed by atoms with E-state index in [-0.39, 0.29) is 5.56 Å². The van der Waals surface area contributed by atoms with E-state index >= 15 is 0 Å². The smallest absolute Gasteiger partial charge is 0.253 e. The minimum Gasteiger partial charge on any atom is -0.494 e. The van der Waals surface area contributed by atoms with Crippen LogP contribution in [0, 0.1) is 6.92 Å². The van der Waals surface area contributed by atoms with Gasteiger partial charge in [0.1, 0.15) is 11.8 Å². The van der Waals surface area contributed by atoms with E-state index in [9.17, 15) is 4.79 Å². The number of fused-ring (bicyclic) bond motifs is 1. The maximum absolute atomic E-state index is 13.8. The monoisotopic (exact) mass is 538 g/mol. The van der Waals surface area contributed by atoms with E-state index in [4.69, 9.17) is 9.47 Å². The molecule has 3 aromatic carbocycles. The second kappa shape index (κ2) is 12.7. The molecule has 5 aromatic rings. The van der Waals surface area contributed by atoms with Gasteiger partial charge in [0.25, 0.3) is 5.56 Å². The van der Waals surface area contributed by atoms with Crippen LogP contribution in [0.5, 0.6) is 5.75 Å². The molecule has 0 spiro atoms. The van der Waals surface area contributed by atoms with E-state index in [0.717, 1.165) is 33.3 Å². The second-order valence-electron chi connectivity index (χ2n) is 9.72. The van der Waals surface area contributed by atoms with E-state index in [0.29, 0.717) is 44.2 Å². The number of pyridine rings is 1. The lowest BCUT2D eigenvalue weighted by molar-refractivity contribution is 0.169. The van der Waals surface area contributed by atoms with Gasteiger partial charge in [0.05, 0.1) is 25.3 Å². The Bertz CT molecular complexity index is 1600. The van der Waals surface area contributed by atoms with Gasteiger partial charge in [-0.25, -0.2) is 4.68 Å². The van der Waals surface area contributed by atoms with Crippen molar-refractivity contribution in [1.82, 2.24) is 30.1 Å². The summed E-state index contributed by atoms with van der Waals surface area (Å²) in [6, 6.07) is 25.7. The molecule has 0 fully saturated rings. The molecule has 1 N–H and O–H groups in total. The van der Waals surface area contributed by atoms with Crippen molar-refractivity contribution in [3.63, 3.8) is 0 Å². The van der Waals surface area contributed by atoms with E-state index < -0.39 is 6.04 Å². The van der Waals surface area contributed by atoms with Gasteiger partial charge in [-0.2, -0.15) is 0 Å². The third kappa shape index (κ3) is 6.11. The first-order valence-corrected chi connectivity index (χ1v) is 13.4. The predicted molar refractivity (Wildman–Crippen MR) is 154 cm³/mol. The van der Waals surface area contributed by atoms with Crippen molar-refractivity contribution in [2.24, 2.45) is 0 Å². The molecule has 9 heteroatoms. The number of rotatable bonds is 12. The maximum Gasteiger partial charge on any atom is 0.253 e. The Morgan fingerprint density at radius 2 is 1.73 bits per heavy atom. The van der Waals surface area contributed by atoms with Gasteiger partial charge in [-0.15, -0.1) is 5.10 Å². The molecular formula is C31H34N6O3. The summed E-state index contributed by atoms with van der Waals surface area (Å²) in [5.41, 5.74) is 4.44. The normalized spacial score (nSPS) is 12.2. The first-order valence-electron chi connectivity index (χ1n) is 13.4. The number of ether oxygens (including phenoxy) is 2. The molecule has 1 atom stereocenters. The van der Waals surface area contributed by atoms with Gasteiger partial charge in [-0.3, -0.25) is 9.69 Å². The summed E-state index contributed by atoms with van der Waals surface area (Å²) in [6.07, 6.45) is 0. The maximum atomic E-state index is 13.8. The fraction of sp³-hybridized carbons (Fsp3) is 0.290. The molecule has 0 saturated carbocycles. The minimum atomic E-state index is -0.535. The molecule has 0 saturated heterocycles. The summed E-state index contributed by atoms with van der Waals surface area (Å²) in [5.74, 6) is 1.40. The number of nitrogens with zero attached hydrogens (tertiary/aromatic N) is 5. The summed E-state index contributed by atoms with van der Waals surface area (Å²) in [5, 5.41) is 13.7. The molecule has 0 bridgehead atoms. The van der Waals surface area contributed by atoms with Crippen molar-refractivity contribution in [3.8, 4) is 5.75 Å². The van der Waals surface area contributed by atoms with Crippen LogP contribution in [0.2, 0.25) is 0 Å². The molecule has 0 unspecified atom stereocenters. The first-order chi connectivity index (χ1) is 19.6. The lowest BCUT2D eigenvalue weighted by Crippen LogP contribution is -2.35. The van der Waals surface area contributed by atoms with Gasteiger partial charge >= 0.3 is 0 Å². The highest BCUT2D eigenvalue weighted by atomic mass is 16.5. The Morgan fingerprint density at radius 3 is 2.45 bits per heavy atom. The van der Waals surface area contributed by atoms with Gasteiger partial charge in [-0.1, -0.05) is 60.7 Å². The molecule has 0 aliphatic rings. The van der Waals surface area contributed by atoms with Gasteiger partial charge in [0, 0.05) is 25.8 Å². The highest BCUT2D eigenvalue weighted by Crippen LogP contribution is 2.31. The number of hydrogen-bond acceptors (Lipinski definition) is 7. The number of para-hydroxylation sites is 1.